The van der Waals surface area contributed by atoms with Crippen LogP contribution in [-0.2, 0) is 6.54 Å². The summed E-state index contributed by atoms with van der Waals surface area (Å²) in [6, 6.07) is 5.86. The molecule has 5 heteroatoms. The van der Waals surface area contributed by atoms with E-state index in [0.717, 1.165) is 33.5 Å². The fourth-order valence-corrected chi connectivity index (χ4v) is 2.27. The first kappa shape index (κ1) is 12.6. The van der Waals surface area contributed by atoms with E-state index in [1.54, 1.807) is 12.4 Å². The zero-order chi connectivity index (χ0) is 14.1. The van der Waals surface area contributed by atoms with Gasteiger partial charge >= 0.3 is 0 Å². The molecule has 3 aromatic rings. The van der Waals surface area contributed by atoms with Crippen molar-refractivity contribution in [3.63, 3.8) is 0 Å². The molecule has 2 aromatic heterocycles. The van der Waals surface area contributed by atoms with E-state index in [4.69, 9.17) is 5.73 Å². The van der Waals surface area contributed by atoms with Crippen LogP contribution in [0.2, 0.25) is 0 Å². The molecule has 0 aliphatic heterocycles. The van der Waals surface area contributed by atoms with Crippen LogP contribution in [0.1, 0.15) is 17.0 Å². The smallest absolute Gasteiger partial charge is 0.159 e. The molecule has 0 spiro atoms. The van der Waals surface area contributed by atoms with Crippen LogP contribution in [0.15, 0.2) is 30.6 Å². The lowest BCUT2D eigenvalue weighted by atomic mass is 10.1. The van der Waals surface area contributed by atoms with Gasteiger partial charge in [-0.25, -0.2) is 9.97 Å². The van der Waals surface area contributed by atoms with Crippen molar-refractivity contribution in [1.29, 1.82) is 0 Å². The van der Waals surface area contributed by atoms with Crippen LogP contribution in [0, 0.1) is 13.8 Å². The van der Waals surface area contributed by atoms with Crippen LogP contribution >= 0.6 is 0 Å². The minimum absolute atomic E-state index is 0.459. The first-order valence-electron chi connectivity index (χ1n) is 6.44. The molecule has 0 radical (unpaired) electrons. The van der Waals surface area contributed by atoms with Crippen LogP contribution < -0.4 is 5.73 Å². The molecule has 0 aliphatic rings. The largest absolute Gasteiger partial charge is 0.326 e. The molecule has 1 aromatic carbocycles. The average Bonchev–Trinajstić information content (AvgIpc) is 2.46. The number of rotatable bonds is 2. The number of aromatic nitrogens is 4. The van der Waals surface area contributed by atoms with Crippen molar-refractivity contribution in [2.24, 2.45) is 5.73 Å². The van der Waals surface area contributed by atoms with Crippen LogP contribution in [0.5, 0.6) is 0 Å². The van der Waals surface area contributed by atoms with Gasteiger partial charge in [0, 0.05) is 41.5 Å². The fourth-order valence-electron chi connectivity index (χ4n) is 2.27. The Kier molecular flexibility index (Phi) is 3.12. The summed E-state index contributed by atoms with van der Waals surface area (Å²) in [6.45, 7) is 4.38. The first-order valence-corrected chi connectivity index (χ1v) is 6.44. The minimum atomic E-state index is 0.459. The van der Waals surface area contributed by atoms with Gasteiger partial charge in [0.15, 0.2) is 5.82 Å². The number of fused-ring (bicyclic) bond motifs is 1. The van der Waals surface area contributed by atoms with Crippen LogP contribution in [0.3, 0.4) is 0 Å². The molecule has 2 heterocycles. The third-order valence-electron chi connectivity index (χ3n) is 3.35. The van der Waals surface area contributed by atoms with Gasteiger partial charge in [-0.15, -0.1) is 0 Å². The van der Waals surface area contributed by atoms with Gasteiger partial charge in [0.1, 0.15) is 0 Å². The molecule has 3 rings (SSSR count). The average molecular weight is 265 g/mol. The number of aryl methyl sites for hydroxylation is 2. The Bertz CT molecular complexity index is 759. The first-order chi connectivity index (χ1) is 9.69. The molecule has 0 amide bonds. The normalized spacial score (nSPS) is 10.9. The molecule has 20 heavy (non-hydrogen) atoms. The Morgan fingerprint density at radius 3 is 2.25 bits per heavy atom. The topological polar surface area (TPSA) is 77.6 Å². The van der Waals surface area contributed by atoms with Crippen molar-refractivity contribution in [2.45, 2.75) is 20.4 Å². The van der Waals surface area contributed by atoms with E-state index >= 15 is 0 Å². The van der Waals surface area contributed by atoms with E-state index < -0.39 is 0 Å². The number of hydrogen-bond donors (Lipinski definition) is 1. The zero-order valence-corrected chi connectivity index (χ0v) is 11.5. The molecule has 0 bridgehead atoms. The second-order valence-electron chi connectivity index (χ2n) is 4.66. The molecule has 0 fully saturated rings. The maximum absolute atomic E-state index is 5.72. The van der Waals surface area contributed by atoms with Gasteiger partial charge in [-0.05, 0) is 32.0 Å². The number of nitrogens with zero attached hydrogens (tertiary/aromatic N) is 4. The number of nitrogens with two attached hydrogens (primary N) is 1. The Morgan fingerprint density at radius 1 is 0.950 bits per heavy atom. The van der Waals surface area contributed by atoms with E-state index in [-0.39, 0.29) is 0 Å². The minimum Gasteiger partial charge on any atom is -0.326 e. The number of benzene rings is 1. The van der Waals surface area contributed by atoms with Gasteiger partial charge in [-0.2, -0.15) is 0 Å². The summed E-state index contributed by atoms with van der Waals surface area (Å²) in [5.74, 6) is 0.699. The maximum atomic E-state index is 5.72. The van der Waals surface area contributed by atoms with Gasteiger partial charge in [0.2, 0.25) is 0 Å². The summed E-state index contributed by atoms with van der Waals surface area (Å²) in [5, 5.41) is 0. The van der Waals surface area contributed by atoms with E-state index in [2.05, 4.69) is 19.9 Å². The second kappa shape index (κ2) is 4.94. The molecule has 100 valence electrons. The van der Waals surface area contributed by atoms with Crippen molar-refractivity contribution in [3.05, 3.63) is 47.5 Å². The fraction of sp³-hybridized carbons (Fsp3) is 0.200. The lowest BCUT2D eigenvalue weighted by molar-refractivity contribution is 0.939. The SMILES string of the molecule is Cc1nc(-c2ccc3nccnc3c2)nc(C)c1CN. The lowest BCUT2D eigenvalue weighted by Crippen LogP contribution is -2.07. The van der Waals surface area contributed by atoms with Gasteiger partial charge in [-0.1, -0.05) is 0 Å². The molecule has 0 saturated carbocycles. The summed E-state index contributed by atoms with van der Waals surface area (Å²) >= 11 is 0. The summed E-state index contributed by atoms with van der Waals surface area (Å²) in [5.41, 5.74) is 11.2. The highest BCUT2D eigenvalue weighted by Gasteiger charge is 2.09. The third kappa shape index (κ3) is 2.12. The predicted octanol–water partition coefficient (Wildman–Crippen LogP) is 2.16. The Balaban J connectivity index is 2.15. The van der Waals surface area contributed by atoms with Crippen LogP contribution in [-0.4, -0.2) is 19.9 Å². The molecule has 0 saturated heterocycles. The highest BCUT2D eigenvalue weighted by atomic mass is 14.9. The van der Waals surface area contributed by atoms with Crippen LogP contribution in [0.25, 0.3) is 22.4 Å². The van der Waals surface area contributed by atoms with E-state index in [0.29, 0.717) is 12.4 Å². The summed E-state index contributed by atoms with van der Waals surface area (Å²) in [4.78, 5) is 17.7. The molecular formula is C15H15N5. The van der Waals surface area contributed by atoms with E-state index in [1.807, 2.05) is 32.0 Å². The van der Waals surface area contributed by atoms with E-state index in [9.17, 15) is 0 Å². The Morgan fingerprint density at radius 2 is 1.60 bits per heavy atom. The van der Waals surface area contributed by atoms with Gasteiger partial charge in [-0.3, -0.25) is 9.97 Å². The Labute approximate surface area is 116 Å². The summed E-state index contributed by atoms with van der Waals surface area (Å²) < 4.78 is 0. The molecule has 0 unspecified atom stereocenters. The van der Waals surface area contributed by atoms with Gasteiger partial charge in [0.25, 0.3) is 0 Å². The number of hydrogen-bond acceptors (Lipinski definition) is 5. The maximum Gasteiger partial charge on any atom is 0.159 e. The highest BCUT2D eigenvalue weighted by molar-refractivity contribution is 5.79. The van der Waals surface area contributed by atoms with Crippen molar-refractivity contribution in [2.75, 3.05) is 0 Å². The van der Waals surface area contributed by atoms with Gasteiger partial charge in [0.05, 0.1) is 11.0 Å². The van der Waals surface area contributed by atoms with Crippen molar-refractivity contribution >= 4 is 11.0 Å². The highest BCUT2D eigenvalue weighted by Crippen LogP contribution is 2.21. The van der Waals surface area contributed by atoms with Gasteiger partial charge < -0.3 is 5.73 Å². The van der Waals surface area contributed by atoms with Crippen molar-refractivity contribution in [3.8, 4) is 11.4 Å². The Hall–Kier alpha value is -2.40. The van der Waals surface area contributed by atoms with Crippen LogP contribution in [0.4, 0.5) is 0 Å². The quantitative estimate of drug-likeness (QED) is 0.768. The zero-order valence-electron chi connectivity index (χ0n) is 11.5. The van der Waals surface area contributed by atoms with Crippen molar-refractivity contribution in [1.82, 2.24) is 19.9 Å². The van der Waals surface area contributed by atoms with E-state index in [1.165, 1.54) is 0 Å². The third-order valence-corrected chi connectivity index (χ3v) is 3.35. The predicted molar refractivity (Wildman–Crippen MR) is 77.9 cm³/mol. The monoisotopic (exact) mass is 265 g/mol. The molecule has 0 aliphatic carbocycles. The molecular weight excluding hydrogens is 250 g/mol. The molecule has 5 nitrogen and oxygen atoms in total. The second-order valence-corrected chi connectivity index (χ2v) is 4.66. The van der Waals surface area contributed by atoms with Crippen molar-refractivity contribution < 1.29 is 0 Å². The summed E-state index contributed by atoms with van der Waals surface area (Å²) in [7, 11) is 0. The molecule has 2 N–H and O–H groups in total. The standard InChI is InChI=1S/C15H15N5/c1-9-12(8-16)10(2)20-15(19-9)11-3-4-13-14(7-11)18-6-5-17-13/h3-7H,8,16H2,1-2H3. The lowest BCUT2D eigenvalue weighted by Gasteiger charge is -2.09. The molecule has 0 atom stereocenters. The summed E-state index contributed by atoms with van der Waals surface area (Å²) in [6.07, 6.45) is 3.36.